The molecule has 1 aliphatic heterocycles. The fourth-order valence-electron chi connectivity index (χ4n) is 1.02. The Morgan fingerprint density at radius 2 is 2.56 bits per heavy atom. The molecule has 3 heteroatoms. The summed E-state index contributed by atoms with van der Waals surface area (Å²) in [7, 11) is 1.96. The van der Waals surface area contributed by atoms with E-state index in [1.54, 1.807) is 0 Å². The predicted octanol–water partition coefficient (Wildman–Crippen LogP) is 1.31. The first-order valence-electron chi connectivity index (χ1n) is 3.07. The van der Waals surface area contributed by atoms with Gasteiger partial charge in [-0.2, -0.15) is 5.10 Å². The molecule has 1 heterocycles. The molecule has 2 nitrogen and oxygen atoms in total. The van der Waals surface area contributed by atoms with E-state index >= 15 is 0 Å². The van der Waals surface area contributed by atoms with Crippen LogP contribution in [0.25, 0.3) is 0 Å². The van der Waals surface area contributed by atoms with E-state index < -0.39 is 0 Å². The molecule has 0 N–H and O–H groups in total. The highest BCUT2D eigenvalue weighted by Crippen LogP contribution is 2.13. The maximum absolute atomic E-state index is 5.65. The van der Waals surface area contributed by atoms with Crippen molar-refractivity contribution in [3.63, 3.8) is 0 Å². The Labute approximate surface area is 60.5 Å². The SMILES string of the molecule is CC1=NN(C)C(CCl)C1. The molecule has 1 atom stereocenters. The quantitative estimate of drug-likeness (QED) is 0.510. The summed E-state index contributed by atoms with van der Waals surface area (Å²) in [6.45, 7) is 2.03. The van der Waals surface area contributed by atoms with Crippen LogP contribution in [0.5, 0.6) is 0 Å². The van der Waals surface area contributed by atoms with E-state index in [0.29, 0.717) is 11.9 Å². The molecule has 0 spiro atoms. The number of halogens is 1. The summed E-state index contributed by atoms with van der Waals surface area (Å²) >= 11 is 5.65. The van der Waals surface area contributed by atoms with Gasteiger partial charge in [-0.1, -0.05) is 0 Å². The second kappa shape index (κ2) is 2.56. The number of hydrazone groups is 1. The fourth-order valence-corrected chi connectivity index (χ4v) is 1.33. The average Bonchev–Trinajstić information content (AvgIpc) is 2.10. The monoisotopic (exact) mass is 146 g/mol. The van der Waals surface area contributed by atoms with E-state index in [0.717, 1.165) is 6.42 Å². The summed E-state index contributed by atoms with van der Waals surface area (Å²) in [6.07, 6.45) is 1.03. The van der Waals surface area contributed by atoms with Gasteiger partial charge in [0.1, 0.15) is 0 Å². The van der Waals surface area contributed by atoms with Crippen LogP contribution in [0, 0.1) is 0 Å². The van der Waals surface area contributed by atoms with Crippen molar-refractivity contribution in [3.8, 4) is 0 Å². The van der Waals surface area contributed by atoms with Gasteiger partial charge in [-0.25, -0.2) is 0 Å². The van der Waals surface area contributed by atoms with Gasteiger partial charge in [0.15, 0.2) is 0 Å². The highest BCUT2D eigenvalue weighted by molar-refractivity contribution is 6.18. The molecule has 0 saturated heterocycles. The zero-order valence-corrected chi connectivity index (χ0v) is 6.52. The molecule has 1 aliphatic rings. The van der Waals surface area contributed by atoms with Crippen LogP contribution in [0.3, 0.4) is 0 Å². The second-order valence-corrected chi connectivity index (χ2v) is 2.73. The van der Waals surface area contributed by atoms with E-state index in [9.17, 15) is 0 Å². The molecule has 1 unspecified atom stereocenters. The Hall–Kier alpha value is -0.240. The van der Waals surface area contributed by atoms with Gasteiger partial charge in [0.25, 0.3) is 0 Å². The topological polar surface area (TPSA) is 15.6 Å². The second-order valence-electron chi connectivity index (χ2n) is 2.42. The number of nitrogens with zero attached hydrogens (tertiary/aromatic N) is 2. The lowest BCUT2D eigenvalue weighted by Gasteiger charge is -2.14. The van der Waals surface area contributed by atoms with Crippen LogP contribution in [-0.4, -0.2) is 29.7 Å². The molecule has 0 amide bonds. The third-order valence-corrected chi connectivity index (χ3v) is 1.92. The summed E-state index contributed by atoms with van der Waals surface area (Å²) in [4.78, 5) is 0. The van der Waals surface area contributed by atoms with Crippen LogP contribution in [0.2, 0.25) is 0 Å². The van der Waals surface area contributed by atoms with Crippen LogP contribution in [0.15, 0.2) is 5.10 Å². The molecule has 0 aromatic carbocycles. The minimum Gasteiger partial charge on any atom is -0.296 e. The maximum Gasteiger partial charge on any atom is 0.0655 e. The van der Waals surface area contributed by atoms with Crippen LogP contribution in [0.4, 0.5) is 0 Å². The van der Waals surface area contributed by atoms with Gasteiger partial charge in [0.05, 0.1) is 6.04 Å². The van der Waals surface area contributed by atoms with Crippen LogP contribution in [-0.2, 0) is 0 Å². The van der Waals surface area contributed by atoms with Crippen molar-refractivity contribution in [2.24, 2.45) is 5.10 Å². The average molecular weight is 147 g/mol. The molecule has 9 heavy (non-hydrogen) atoms. The van der Waals surface area contributed by atoms with Crippen molar-refractivity contribution in [2.45, 2.75) is 19.4 Å². The van der Waals surface area contributed by atoms with Crippen molar-refractivity contribution >= 4 is 17.3 Å². The van der Waals surface area contributed by atoms with Gasteiger partial charge in [0.2, 0.25) is 0 Å². The zero-order chi connectivity index (χ0) is 6.85. The van der Waals surface area contributed by atoms with Gasteiger partial charge < -0.3 is 0 Å². The Balaban J connectivity index is 2.49. The molecule has 0 bridgehead atoms. The van der Waals surface area contributed by atoms with Crippen molar-refractivity contribution in [1.29, 1.82) is 0 Å². The lowest BCUT2D eigenvalue weighted by Crippen LogP contribution is -2.23. The van der Waals surface area contributed by atoms with Gasteiger partial charge in [-0.05, 0) is 6.92 Å². The maximum atomic E-state index is 5.65. The lowest BCUT2D eigenvalue weighted by atomic mass is 10.2. The van der Waals surface area contributed by atoms with E-state index in [-0.39, 0.29) is 0 Å². The van der Waals surface area contributed by atoms with E-state index in [2.05, 4.69) is 5.10 Å². The minimum atomic E-state index is 0.437. The summed E-state index contributed by atoms with van der Waals surface area (Å²) in [5.41, 5.74) is 1.18. The van der Waals surface area contributed by atoms with Crippen molar-refractivity contribution in [1.82, 2.24) is 5.01 Å². The summed E-state index contributed by atoms with van der Waals surface area (Å²) < 4.78 is 0. The van der Waals surface area contributed by atoms with E-state index in [4.69, 9.17) is 11.6 Å². The summed E-state index contributed by atoms with van der Waals surface area (Å²) in [5, 5.41) is 6.14. The Kier molecular flexibility index (Phi) is 1.96. The number of rotatable bonds is 1. The van der Waals surface area contributed by atoms with Crippen LogP contribution < -0.4 is 0 Å². The van der Waals surface area contributed by atoms with Gasteiger partial charge >= 0.3 is 0 Å². The van der Waals surface area contributed by atoms with Crippen LogP contribution >= 0.6 is 11.6 Å². The van der Waals surface area contributed by atoms with Gasteiger partial charge in [-0.15, -0.1) is 11.6 Å². The van der Waals surface area contributed by atoms with Crippen LogP contribution in [0.1, 0.15) is 13.3 Å². The van der Waals surface area contributed by atoms with Crippen molar-refractivity contribution in [2.75, 3.05) is 12.9 Å². The molecule has 0 radical (unpaired) electrons. The Morgan fingerprint density at radius 3 is 2.78 bits per heavy atom. The minimum absolute atomic E-state index is 0.437. The first-order valence-corrected chi connectivity index (χ1v) is 3.60. The first kappa shape index (κ1) is 6.87. The first-order chi connectivity index (χ1) is 4.24. The third kappa shape index (κ3) is 1.36. The molecule has 0 fully saturated rings. The largest absolute Gasteiger partial charge is 0.296 e. The molecule has 0 aliphatic carbocycles. The molecule has 1 rings (SSSR count). The Bertz CT molecular complexity index is 133. The van der Waals surface area contributed by atoms with Gasteiger partial charge in [0, 0.05) is 25.1 Å². The molecule has 0 aromatic heterocycles. The van der Waals surface area contributed by atoms with E-state index in [1.807, 2.05) is 19.0 Å². The predicted molar refractivity (Wildman–Crippen MR) is 40.0 cm³/mol. The fraction of sp³-hybridized carbons (Fsp3) is 0.833. The number of hydrogen-bond acceptors (Lipinski definition) is 2. The highest BCUT2D eigenvalue weighted by atomic mass is 35.5. The van der Waals surface area contributed by atoms with Crippen molar-refractivity contribution in [3.05, 3.63) is 0 Å². The smallest absolute Gasteiger partial charge is 0.0655 e. The molecular weight excluding hydrogens is 136 g/mol. The zero-order valence-electron chi connectivity index (χ0n) is 5.76. The third-order valence-electron chi connectivity index (χ3n) is 1.57. The molecular formula is C6H11ClN2. The molecule has 0 saturated carbocycles. The summed E-state index contributed by atoms with van der Waals surface area (Å²) in [5.74, 6) is 0.678. The number of alkyl halides is 1. The standard InChI is InChI=1S/C6H11ClN2/c1-5-3-6(4-7)9(2)8-5/h6H,3-4H2,1-2H3. The van der Waals surface area contributed by atoms with Crippen molar-refractivity contribution < 1.29 is 0 Å². The summed E-state index contributed by atoms with van der Waals surface area (Å²) in [6, 6.07) is 0.437. The van der Waals surface area contributed by atoms with Gasteiger partial charge in [-0.3, -0.25) is 5.01 Å². The Morgan fingerprint density at radius 1 is 1.89 bits per heavy atom. The van der Waals surface area contributed by atoms with E-state index in [1.165, 1.54) is 5.71 Å². The number of hydrogen-bond donors (Lipinski definition) is 0. The normalized spacial score (nSPS) is 26.8. The molecule has 0 aromatic rings. The lowest BCUT2D eigenvalue weighted by molar-refractivity contribution is 0.306. The highest BCUT2D eigenvalue weighted by Gasteiger charge is 2.18. The molecule has 52 valence electrons.